The molecule has 0 saturated carbocycles. The van der Waals surface area contributed by atoms with Crippen LogP contribution in [0.3, 0.4) is 0 Å². The molecule has 0 aliphatic heterocycles. The maximum atomic E-state index is 10.8. The largest absolute Gasteiger partial charge is 0.296 e. The smallest absolute Gasteiger partial charge is 0.172 e. The molecule has 0 saturated heterocycles. The van der Waals surface area contributed by atoms with Gasteiger partial charge in [0, 0.05) is 18.8 Å². The highest BCUT2D eigenvalue weighted by Crippen LogP contribution is 2.12. The van der Waals surface area contributed by atoms with Crippen molar-refractivity contribution in [2.24, 2.45) is 5.92 Å². The number of nitrogens with zero attached hydrogens (tertiary/aromatic N) is 3. The van der Waals surface area contributed by atoms with Crippen LogP contribution in [0.2, 0.25) is 0 Å². The molecule has 0 atom stereocenters. The lowest BCUT2D eigenvalue weighted by atomic mass is 10.1. The Bertz CT molecular complexity index is 488. The van der Waals surface area contributed by atoms with Crippen LogP contribution < -0.4 is 0 Å². The van der Waals surface area contributed by atoms with Gasteiger partial charge in [-0.05, 0) is 12.0 Å². The van der Waals surface area contributed by atoms with Gasteiger partial charge in [-0.15, -0.1) is 0 Å². The lowest BCUT2D eigenvalue weighted by molar-refractivity contribution is 0.112. The summed E-state index contributed by atoms with van der Waals surface area (Å²) in [4.78, 5) is 19.2. The highest BCUT2D eigenvalue weighted by atomic mass is 16.1. The Morgan fingerprint density at radius 2 is 2.33 bits per heavy atom. The van der Waals surface area contributed by atoms with Crippen molar-refractivity contribution < 1.29 is 4.79 Å². The van der Waals surface area contributed by atoms with E-state index in [2.05, 4.69) is 23.8 Å². The molecule has 0 amide bonds. The maximum Gasteiger partial charge on any atom is 0.172 e. The highest BCUT2D eigenvalue weighted by Gasteiger charge is 2.11. The van der Waals surface area contributed by atoms with E-state index in [9.17, 15) is 4.79 Å². The van der Waals surface area contributed by atoms with E-state index < -0.39 is 0 Å². The molecule has 0 unspecified atom stereocenters. The van der Waals surface area contributed by atoms with Gasteiger partial charge in [-0.3, -0.25) is 9.20 Å². The van der Waals surface area contributed by atoms with Crippen molar-refractivity contribution in [3.8, 4) is 0 Å². The summed E-state index contributed by atoms with van der Waals surface area (Å²) in [5.74, 6) is 1.41. The SMILES string of the molecule is CC(C)Cc1nc(C=O)c2ncccn12. The molecule has 4 heteroatoms. The minimum atomic E-state index is 0.422. The predicted molar refractivity (Wildman–Crippen MR) is 56.9 cm³/mol. The van der Waals surface area contributed by atoms with Gasteiger partial charge in [0.15, 0.2) is 11.9 Å². The van der Waals surface area contributed by atoms with Gasteiger partial charge in [-0.2, -0.15) is 0 Å². The topological polar surface area (TPSA) is 47.3 Å². The molecule has 2 heterocycles. The van der Waals surface area contributed by atoms with Gasteiger partial charge in [-0.25, -0.2) is 9.97 Å². The summed E-state index contributed by atoms with van der Waals surface area (Å²) in [6.45, 7) is 4.25. The summed E-state index contributed by atoms with van der Waals surface area (Å²) in [6, 6.07) is 1.84. The third-order valence-corrected chi connectivity index (χ3v) is 2.21. The minimum Gasteiger partial charge on any atom is -0.296 e. The highest BCUT2D eigenvalue weighted by molar-refractivity contribution is 5.81. The first-order chi connectivity index (χ1) is 7.22. The normalized spacial score (nSPS) is 11.1. The van der Waals surface area contributed by atoms with Crippen molar-refractivity contribution >= 4 is 11.9 Å². The van der Waals surface area contributed by atoms with Crippen LogP contribution in [-0.2, 0) is 6.42 Å². The number of aromatic nitrogens is 3. The molecule has 0 N–H and O–H groups in total. The number of carbonyl (C=O) groups is 1. The summed E-state index contributed by atoms with van der Waals surface area (Å²) in [6.07, 6.45) is 5.16. The van der Waals surface area contributed by atoms with E-state index in [0.717, 1.165) is 18.5 Å². The van der Waals surface area contributed by atoms with Crippen molar-refractivity contribution in [3.63, 3.8) is 0 Å². The van der Waals surface area contributed by atoms with Crippen LogP contribution in [-0.4, -0.2) is 20.7 Å². The fraction of sp³-hybridized carbons (Fsp3) is 0.364. The molecule has 4 nitrogen and oxygen atoms in total. The summed E-state index contributed by atoms with van der Waals surface area (Å²) in [5, 5.41) is 0. The summed E-state index contributed by atoms with van der Waals surface area (Å²) >= 11 is 0. The van der Waals surface area contributed by atoms with Crippen molar-refractivity contribution in [2.75, 3.05) is 0 Å². The molecule has 0 aliphatic rings. The zero-order chi connectivity index (χ0) is 10.8. The third-order valence-electron chi connectivity index (χ3n) is 2.21. The van der Waals surface area contributed by atoms with E-state index in [0.29, 0.717) is 17.3 Å². The first-order valence-electron chi connectivity index (χ1n) is 4.99. The second-order valence-electron chi connectivity index (χ2n) is 3.94. The molecule has 0 aromatic carbocycles. The lowest BCUT2D eigenvalue weighted by Gasteiger charge is -2.02. The Morgan fingerprint density at radius 1 is 1.53 bits per heavy atom. The van der Waals surface area contributed by atoms with Crippen molar-refractivity contribution in [2.45, 2.75) is 20.3 Å². The number of hydrogen-bond donors (Lipinski definition) is 0. The maximum absolute atomic E-state index is 10.8. The molecule has 0 aliphatic carbocycles. The molecule has 0 bridgehead atoms. The van der Waals surface area contributed by atoms with Crippen molar-refractivity contribution in [1.82, 2.24) is 14.4 Å². The Labute approximate surface area is 88.0 Å². The second kappa shape index (κ2) is 3.81. The number of imidazole rings is 1. The average molecular weight is 203 g/mol. The second-order valence-corrected chi connectivity index (χ2v) is 3.94. The van der Waals surface area contributed by atoms with E-state index in [1.807, 2.05) is 16.7 Å². The van der Waals surface area contributed by atoms with Crippen LogP contribution in [0, 0.1) is 5.92 Å². The Balaban J connectivity index is 2.59. The van der Waals surface area contributed by atoms with Gasteiger partial charge in [-0.1, -0.05) is 13.8 Å². The number of hydrogen-bond acceptors (Lipinski definition) is 3. The molecule has 0 radical (unpaired) electrons. The van der Waals surface area contributed by atoms with Gasteiger partial charge in [0.05, 0.1) is 0 Å². The van der Waals surface area contributed by atoms with Crippen LogP contribution in [0.5, 0.6) is 0 Å². The van der Waals surface area contributed by atoms with Crippen molar-refractivity contribution in [3.05, 3.63) is 30.0 Å². The first-order valence-corrected chi connectivity index (χ1v) is 4.99. The number of aldehydes is 1. The zero-order valence-corrected chi connectivity index (χ0v) is 8.84. The Morgan fingerprint density at radius 3 is 3.00 bits per heavy atom. The van der Waals surface area contributed by atoms with Crippen LogP contribution in [0.1, 0.15) is 30.2 Å². The third kappa shape index (κ3) is 1.75. The summed E-state index contributed by atoms with van der Waals surface area (Å²) in [5.41, 5.74) is 1.06. The molecule has 78 valence electrons. The monoisotopic (exact) mass is 203 g/mol. The zero-order valence-electron chi connectivity index (χ0n) is 8.84. The predicted octanol–water partition coefficient (Wildman–Crippen LogP) is 1.74. The fourth-order valence-corrected chi connectivity index (χ4v) is 1.60. The lowest BCUT2D eigenvalue weighted by Crippen LogP contribution is -2.00. The fourth-order valence-electron chi connectivity index (χ4n) is 1.60. The number of fused-ring (bicyclic) bond motifs is 1. The molecular weight excluding hydrogens is 190 g/mol. The summed E-state index contributed by atoms with van der Waals surface area (Å²) < 4.78 is 1.88. The number of carbonyl (C=O) groups excluding carboxylic acids is 1. The van der Waals surface area contributed by atoms with E-state index in [-0.39, 0.29) is 0 Å². The van der Waals surface area contributed by atoms with Gasteiger partial charge in [0.25, 0.3) is 0 Å². The Kier molecular flexibility index (Phi) is 2.49. The standard InChI is InChI=1S/C11H13N3O/c1-8(2)6-10-13-9(7-15)11-12-4-3-5-14(10)11/h3-5,7-8H,6H2,1-2H3. The van der Waals surface area contributed by atoms with Crippen molar-refractivity contribution in [1.29, 1.82) is 0 Å². The Hall–Kier alpha value is -1.71. The van der Waals surface area contributed by atoms with Gasteiger partial charge in [0.1, 0.15) is 11.5 Å². The van der Waals surface area contributed by atoms with E-state index in [1.54, 1.807) is 6.20 Å². The molecule has 2 aromatic rings. The van der Waals surface area contributed by atoms with E-state index >= 15 is 0 Å². The van der Waals surface area contributed by atoms with Crippen LogP contribution in [0.4, 0.5) is 0 Å². The molecule has 2 aromatic heterocycles. The molecule has 0 spiro atoms. The molecule has 15 heavy (non-hydrogen) atoms. The van der Waals surface area contributed by atoms with Gasteiger partial charge < -0.3 is 0 Å². The average Bonchev–Trinajstić information content (AvgIpc) is 2.56. The van der Waals surface area contributed by atoms with E-state index in [1.165, 1.54) is 0 Å². The van der Waals surface area contributed by atoms with Crippen LogP contribution in [0.25, 0.3) is 5.65 Å². The van der Waals surface area contributed by atoms with Crippen LogP contribution >= 0.6 is 0 Å². The first kappa shape index (κ1) is 9.83. The van der Waals surface area contributed by atoms with Crippen LogP contribution in [0.15, 0.2) is 18.5 Å². The van der Waals surface area contributed by atoms with Gasteiger partial charge in [0.2, 0.25) is 0 Å². The van der Waals surface area contributed by atoms with Gasteiger partial charge >= 0.3 is 0 Å². The molecule has 2 rings (SSSR count). The summed E-state index contributed by atoms with van der Waals surface area (Å²) in [7, 11) is 0. The quantitative estimate of drug-likeness (QED) is 0.714. The molecular formula is C11H13N3O. The number of rotatable bonds is 3. The molecule has 0 fully saturated rings. The minimum absolute atomic E-state index is 0.422. The van der Waals surface area contributed by atoms with E-state index in [4.69, 9.17) is 0 Å².